The number of amides is 1. The van der Waals surface area contributed by atoms with E-state index in [1.165, 1.54) is 16.7 Å². The van der Waals surface area contributed by atoms with Gasteiger partial charge in [-0.3, -0.25) is 4.79 Å². The van der Waals surface area contributed by atoms with Crippen LogP contribution in [0, 0.1) is 19.3 Å². The molecule has 1 fully saturated rings. The van der Waals surface area contributed by atoms with E-state index in [2.05, 4.69) is 37.4 Å². The van der Waals surface area contributed by atoms with Gasteiger partial charge in [0.25, 0.3) is 0 Å². The topological polar surface area (TPSA) is 55.1 Å². The van der Waals surface area contributed by atoms with Crippen molar-refractivity contribution in [3.05, 3.63) is 34.9 Å². The van der Waals surface area contributed by atoms with E-state index in [0.717, 1.165) is 19.3 Å². The van der Waals surface area contributed by atoms with Crippen LogP contribution in [0.15, 0.2) is 18.2 Å². The van der Waals surface area contributed by atoms with Crippen molar-refractivity contribution in [1.82, 2.24) is 5.32 Å². The summed E-state index contributed by atoms with van der Waals surface area (Å²) in [6.07, 6.45) is 2.77. The van der Waals surface area contributed by atoms with Gasteiger partial charge in [-0.1, -0.05) is 18.2 Å². The summed E-state index contributed by atoms with van der Waals surface area (Å²) in [7, 11) is 0. The fourth-order valence-electron chi connectivity index (χ4n) is 2.14. The molecule has 1 aromatic carbocycles. The van der Waals surface area contributed by atoms with Gasteiger partial charge < -0.3 is 11.1 Å². The van der Waals surface area contributed by atoms with Crippen LogP contribution in [0.5, 0.6) is 0 Å². The van der Waals surface area contributed by atoms with Gasteiger partial charge in [-0.2, -0.15) is 0 Å². The van der Waals surface area contributed by atoms with Crippen LogP contribution in [-0.2, 0) is 11.2 Å². The Balaban J connectivity index is 1.82. The molecule has 3 N–H and O–H groups in total. The number of rotatable bonds is 5. The molecule has 1 aliphatic carbocycles. The normalized spacial score (nSPS) is 16.4. The molecule has 1 aromatic rings. The van der Waals surface area contributed by atoms with Crippen LogP contribution in [0.4, 0.5) is 0 Å². The first-order valence-electron chi connectivity index (χ1n) is 6.62. The van der Waals surface area contributed by atoms with Crippen molar-refractivity contribution in [1.29, 1.82) is 0 Å². The molecule has 0 aliphatic heterocycles. The third-order valence-corrected chi connectivity index (χ3v) is 4.00. The molecule has 0 atom stereocenters. The van der Waals surface area contributed by atoms with Crippen molar-refractivity contribution in [2.24, 2.45) is 11.1 Å². The molecule has 0 spiro atoms. The van der Waals surface area contributed by atoms with Gasteiger partial charge in [0.2, 0.25) is 5.91 Å². The summed E-state index contributed by atoms with van der Waals surface area (Å²) >= 11 is 0. The molecule has 0 saturated heterocycles. The minimum atomic E-state index is -0.233. The molecule has 0 bridgehead atoms. The van der Waals surface area contributed by atoms with E-state index in [0.29, 0.717) is 13.1 Å². The zero-order valence-corrected chi connectivity index (χ0v) is 11.3. The minimum Gasteiger partial charge on any atom is -0.355 e. The average Bonchev–Trinajstić information content (AvgIpc) is 3.14. The summed E-state index contributed by atoms with van der Waals surface area (Å²) in [6.45, 7) is 5.40. The van der Waals surface area contributed by atoms with Crippen molar-refractivity contribution in [3.8, 4) is 0 Å². The van der Waals surface area contributed by atoms with Crippen LogP contribution in [0.2, 0.25) is 0 Å². The number of nitrogens with two attached hydrogens (primary N) is 1. The van der Waals surface area contributed by atoms with E-state index >= 15 is 0 Å². The van der Waals surface area contributed by atoms with Crippen LogP contribution in [0.1, 0.15) is 29.5 Å². The molecule has 0 unspecified atom stereocenters. The lowest BCUT2D eigenvalue weighted by Crippen LogP contribution is -2.37. The average molecular weight is 246 g/mol. The summed E-state index contributed by atoms with van der Waals surface area (Å²) in [5, 5.41) is 3.00. The van der Waals surface area contributed by atoms with E-state index in [9.17, 15) is 4.79 Å². The largest absolute Gasteiger partial charge is 0.355 e. The van der Waals surface area contributed by atoms with Gasteiger partial charge >= 0.3 is 0 Å². The van der Waals surface area contributed by atoms with E-state index < -0.39 is 0 Å². The van der Waals surface area contributed by atoms with Crippen LogP contribution >= 0.6 is 0 Å². The van der Waals surface area contributed by atoms with Crippen LogP contribution in [-0.4, -0.2) is 19.0 Å². The zero-order valence-electron chi connectivity index (χ0n) is 11.3. The molecule has 0 heterocycles. The highest BCUT2D eigenvalue weighted by molar-refractivity contribution is 5.85. The Labute approximate surface area is 109 Å². The second kappa shape index (κ2) is 5.11. The van der Waals surface area contributed by atoms with E-state index in [4.69, 9.17) is 5.73 Å². The van der Waals surface area contributed by atoms with Gasteiger partial charge in [0.15, 0.2) is 0 Å². The monoisotopic (exact) mass is 246 g/mol. The molecule has 1 amide bonds. The highest BCUT2D eigenvalue weighted by Gasteiger charge is 2.48. The number of carbonyl (C=O) groups is 1. The predicted octanol–water partition coefficient (Wildman–Crippen LogP) is 1.70. The first kappa shape index (κ1) is 13.1. The van der Waals surface area contributed by atoms with E-state index in [1.807, 2.05) is 0 Å². The number of carbonyl (C=O) groups excluding carboxylic acids is 1. The minimum absolute atomic E-state index is 0.133. The third kappa shape index (κ3) is 2.72. The van der Waals surface area contributed by atoms with Crippen molar-refractivity contribution < 1.29 is 4.79 Å². The molecular weight excluding hydrogens is 224 g/mol. The molecule has 18 heavy (non-hydrogen) atoms. The predicted molar refractivity (Wildman–Crippen MR) is 73.4 cm³/mol. The molecule has 2 rings (SSSR count). The molecule has 0 radical (unpaired) electrons. The Morgan fingerprint density at radius 3 is 2.61 bits per heavy atom. The number of benzene rings is 1. The Morgan fingerprint density at radius 1 is 1.33 bits per heavy atom. The first-order valence-corrected chi connectivity index (χ1v) is 6.62. The van der Waals surface area contributed by atoms with E-state index in [-0.39, 0.29) is 11.3 Å². The summed E-state index contributed by atoms with van der Waals surface area (Å²) in [5.74, 6) is 0.133. The van der Waals surface area contributed by atoms with Gasteiger partial charge in [-0.25, -0.2) is 0 Å². The Morgan fingerprint density at radius 2 is 2.06 bits per heavy atom. The molecule has 3 nitrogen and oxygen atoms in total. The Hall–Kier alpha value is -1.35. The fraction of sp³-hybridized carbons (Fsp3) is 0.533. The maximum Gasteiger partial charge on any atom is 0.227 e. The summed E-state index contributed by atoms with van der Waals surface area (Å²) in [4.78, 5) is 11.9. The van der Waals surface area contributed by atoms with Gasteiger partial charge in [-0.05, 0) is 49.8 Å². The standard InChI is InChI=1S/C15H22N2O/c1-11-3-4-13(9-12(11)2)5-8-17-14(18)15(10-16)6-7-15/h3-4,9H,5-8,10,16H2,1-2H3,(H,17,18). The third-order valence-electron chi connectivity index (χ3n) is 4.00. The van der Waals surface area contributed by atoms with E-state index in [1.54, 1.807) is 0 Å². The first-order chi connectivity index (χ1) is 8.57. The Bertz CT molecular complexity index is 450. The lowest BCUT2D eigenvalue weighted by Gasteiger charge is -2.13. The SMILES string of the molecule is Cc1ccc(CCNC(=O)C2(CN)CC2)cc1C. The van der Waals surface area contributed by atoms with Gasteiger partial charge in [-0.15, -0.1) is 0 Å². The van der Waals surface area contributed by atoms with Gasteiger partial charge in [0.05, 0.1) is 5.41 Å². The smallest absolute Gasteiger partial charge is 0.227 e. The quantitative estimate of drug-likeness (QED) is 0.831. The fourth-order valence-corrected chi connectivity index (χ4v) is 2.14. The molecule has 0 aromatic heterocycles. The lowest BCUT2D eigenvalue weighted by molar-refractivity contribution is -0.125. The Kier molecular flexibility index (Phi) is 3.71. The van der Waals surface area contributed by atoms with Crippen LogP contribution in [0.3, 0.4) is 0 Å². The number of hydrogen-bond acceptors (Lipinski definition) is 2. The zero-order chi connectivity index (χ0) is 13.2. The van der Waals surface area contributed by atoms with Crippen molar-refractivity contribution in [2.45, 2.75) is 33.1 Å². The van der Waals surface area contributed by atoms with Crippen LogP contribution in [0.25, 0.3) is 0 Å². The highest BCUT2D eigenvalue weighted by atomic mass is 16.2. The maximum absolute atomic E-state index is 11.9. The molecule has 1 aliphatic rings. The van der Waals surface area contributed by atoms with Gasteiger partial charge in [0.1, 0.15) is 0 Å². The number of nitrogens with one attached hydrogen (secondary N) is 1. The second-order valence-corrected chi connectivity index (χ2v) is 5.41. The van der Waals surface area contributed by atoms with Crippen molar-refractivity contribution in [3.63, 3.8) is 0 Å². The number of aryl methyl sites for hydroxylation is 2. The van der Waals surface area contributed by atoms with Crippen molar-refractivity contribution in [2.75, 3.05) is 13.1 Å². The molecule has 1 saturated carbocycles. The van der Waals surface area contributed by atoms with Crippen LogP contribution < -0.4 is 11.1 Å². The second-order valence-electron chi connectivity index (χ2n) is 5.41. The molecular formula is C15H22N2O. The van der Waals surface area contributed by atoms with Gasteiger partial charge in [0, 0.05) is 13.1 Å². The molecule has 3 heteroatoms. The summed E-state index contributed by atoms with van der Waals surface area (Å²) < 4.78 is 0. The number of hydrogen-bond donors (Lipinski definition) is 2. The summed E-state index contributed by atoms with van der Waals surface area (Å²) in [5.41, 5.74) is 9.28. The van der Waals surface area contributed by atoms with Crippen molar-refractivity contribution >= 4 is 5.91 Å². The molecule has 98 valence electrons. The lowest BCUT2D eigenvalue weighted by atomic mass is 10.0. The highest BCUT2D eigenvalue weighted by Crippen LogP contribution is 2.44. The summed E-state index contributed by atoms with van der Waals surface area (Å²) in [6, 6.07) is 6.45. The maximum atomic E-state index is 11.9.